The second-order valence-electron chi connectivity index (χ2n) is 4.24. The van der Waals surface area contributed by atoms with Crippen molar-refractivity contribution in [2.45, 2.75) is 38.5 Å². The number of nitrogens with one attached hydrogen (secondary N) is 1. The standard InChI is InChI=1S/C14H24N2OS/c1-4-11(3)18-10-13(16-15)12-8-6-7-9-14(12)17-5-2/h6-9,11,13,16H,4-5,10,15H2,1-3H3. The smallest absolute Gasteiger partial charge is 0.124 e. The minimum absolute atomic E-state index is 0.131. The summed E-state index contributed by atoms with van der Waals surface area (Å²) in [6, 6.07) is 8.22. The Morgan fingerprint density at radius 3 is 2.67 bits per heavy atom. The molecule has 1 rings (SSSR count). The molecule has 0 amide bonds. The van der Waals surface area contributed by atoms with E-state index in [9.17, 15) is 0 Å². The highest BCUT2D eigenvalue weighted by Crippen LogP contribution is 2.28. The molecular formula is C14H24N2OS. The summed E-state index contributed by atoms with van der Waals surface area (Å²) in [4.78, 5) is 0. The average molecular weight is 268 g/mol. The average Bonchev–Trinajstić information content (AvgIpc) is 2.41. The number of para-hydroxylation sites is 1. The van der Waals surface area contributed by atoms with Crippen LogP contribution in [0.4, 0.5) is 0 Å². The lowest BCUT2D eigenvalue weighted by Crippen LogP contribution is -2.30. The molecule has 0 aliphatic rings. The van der Waals surface area contributed by atoms with Gasteiger partial charge in [0.25, 0.3) is 0 Å². The Morgan fingerprint density at radius 1 is 1.33 bits per heavy atom. The fourth-order valence-electron chi connectivity index (χ4n) is 1.66. The van der Waals surface area contributed by atoms with Crippen LogP contribution in [0.1, 0.15) is 38.8 Å². The largest absolute Gasteiger partial charge is 0.494 e. The van der Waals surface area contributed by atoms with Crippen LogP contribution in [0.2, 0.25) is 0 Å². The molecule has 0 saturated heterocycles. The van der Waals surface area contributed by atoms with Crippen LogP contribution in [0, 0.1) is 0 Å². The Balaban J connectivity index is 2.74. The zero-order valence-electron chi connectivity index (χ0n) is 11.5. The summed E-state index contributed by atoms with van der Waals surface area (Å²) in [5, 5.41) is 0.653. The molecule has 0 radical (unpaired) electrons. The predicted octanol–water partition coefficient (Wildman–Crippen LogP) is 3.12. The van der Waals surface area contributed by atoms with Gasteiger partial charge in [0.15, 0.2) is 0 Å². The molecule has 0 saturated carbocycles. The molecule has 0 aromatic heterocycles. The second kappa shape index (κ2) is 8.40. The number of hydrogen-bond acceptors (Lipinski definition) is 4. The highest BCUT2D eigenvalue weighted by molar-refractivity contribution is 7.99. The van der Waals surface area contributed by atoms with Crippen molar-refractivity contribution in [1.29, 1.82) is 0 Å². The van der Waals surface area contributed by atoms with E-state index in [0.29, 0.717) is 11.9 Å². The van der Waals surface area contributed by atoms with E-state index in [0.717, 1.165) is 17.1 Å². The molecule has 1 aromatic carbocycles. The molecule has 0 fully saturated rings. The molecule has 3 N–H and O–H groups in total. The summed E-state index contributed by atoms with van der Waals surface area (Å²) in [6.07, 6.45) is 1.18. The SMILES string of the molecule is CCOc1ccccc1C(CSC(C)CC)NN. The van der Waals surface area contributed by atoms with Gasteiger partial charge in [0.1, 0.15) is 5.75 Å². The highest BCUT2D eigenvalue weighted by atomic mass is 32.2. The van der Waals surface area contributed by atoms with Crippen molar-refractivity contribution in [3.63, 3.8) is 0 Å². The maximum Gasteiger partial charge on any atom is 0.124 e. The molecule has 102 valence electrons. The summed E-state index contributed by atoms with van der Waals surface area (Å²) < 4.78 is 5.65. The van der Waals surface area contributed by atoms with Crippen molar-refractivity contribution in [3.05, 3.63) is 29.8 Å². The van der Waals surface area contributed by atoms with Crippen LogP contribution in [0.5, 0.6) is 5.75 Å². The highest BCUT2D eigenvalue weighted by Gasteiger charge is 2.15. The topological polar surface area (TPSA) is 47.3 Å². The maximum atomic E-state index is 5.68. The van der Waals surface area contributed by atoms with Crippen molar-refractivity contribution in [3.8, 4) is 5.75 Å². The zero-order valence-corrected chi connectivity index (χ0v) is 12.3. The van der Waals surface area contributed by atoms with Crippen LogP contribution >= 0.6 is 11.8 Å². The lowest BCUT2D eigenvalue weighted by molar-refractivity contribution is 0.333. The second-order valence-corrected chi connectivity index (χ2v) is 5.71. The molecule has 0 bridgehead atoms. The molecule has 0 heterocycles. The fourth-order valence-corrected chi connectivity index (χ4v) is 2.69. The molecular weight excluding hydrogens is 244 g/mol. The van der Waals surface area contributed by atoms with E-state index in [1.165, 1.54) is 6.42 Å². The van der Waals surface area contributed by atoms with Gasteiger partial charge in [0, 0.05) is 16.6 Å². The van der Waals surface area contributed by atoms with E-state index in [-0.39, 0.29) is 6.04 Å². The summed E-state index contributed by atoms with van der Waals surface area (Å²) in [5.74, 6) is 7.56. The van der Waals surface area contributed by atoms with E-state index < -0.39 is 0 Å². The lowest BCUT2D eigenvalue weighted by atomic mass is 10.1. The Morgan fingerprint density at radius 2 is 2.06 bits per heavy atom. The van der Waals surface area contributed by atoms with Crippen LogP contribution in [-0.2, 0) is 0 Å². The van der Waals surface area contributed by atoms with Crippen molar-refractivity contribution >= 4 is 11.8 Å². The number of hydrogen-bond donors (Lipinski definition) is 2. The first-order valence-corrected chi connectivity index (χ1v) is 7.57. The van der Waals surface area contributed by atoms with Gasteiger partial charge in [-0.25, -0.2) is 0 Å². The Hall–Kier alpha value is -0.710. The summed E-state index contributed by atoms with van der Waals surface area (Å²) in [6.45, 7) is 7.12. The van der Waals surface area contributed by atoms with Gasteiger partial charge in [0.05, 0.1) is 12.6 Å². The van der Waals surface area contributed by atoms with Crippen molar-refractivity contribution in [2.24, 2.45) is 5.84 Å². The molecule has 1 aromatic rings. The summed E-state index contributed by atoms with van der Waals surface area (Å²) in [5.41, 5.74) is 4.03. The lowest BCUT2D eigenvalue weighted by Gasteiger charge is -2.20. The molecule has 0 aliphatic carbocycles. The van der Waals surface area contributed by atoms with E-state index in [1.807, 2.05) is 36.9 Å². The van der Waals surface area contributed by atoms with Gasteiger partial charge < -0.3 is 4.74 Å². The van der Waals surface area contributed by atoms with Crippen LogP contribution in [0.25, 0.3) is 0 Å². The molecule has 4 heteroatoms. The molecule has 2 unspecified atom stereocenters. The van der Waals surface area contributed by atoms with E-state index in [1.54, 1.807) is 0 Å². The Labute approximate surface area is 114 Å². The van der Waals surface area contributed by atoms with Crippen molar-refractivity contribution < 1.29 is 4.74 Å². The van der Waals surface area contributed by atoms with Gasteiger partial charge in [-0.05, 0) is 19.4 Å². The predicted molar refractivity (Wildman–Crippen MR) is 79.9 cm³/mol. The summed E-state index contributed by atoms with van der Waals surface area (Å²) in [7, 11) is 0. The van der Waals surface area contributed by atoms with Gasteiger partial charge in [0.2, 0.25) is 0 Å². The molecule has 0 spiro atoms. The first-order valence-electron chi connectivity index (χ1n) is 6.52. The van der Waals surface area contributed by atoms with Crippen LogP contribution < -0.4 is 16.0 Å². The van der Waals surface area contributed by atoms with E-state index in [4.69, 9.17) is 10.6 Å². The third-order valence-corrected chi connectivity index (χ3v) is 4.35. The molecule has 0 aliphatic heterocycles. The van der Waals surface area contributed by atoms with Gasteiger partial charge in [-0.15, -0.1) is 0 Å². The Bertz CT molecular complexity index is 346. The van der Waals surface area contributed by atoms with E-state index >= 15 is 0 Å². The minimum Gasteiger partial charge on any atom is -0.494 e. The normalized spacial score (nSPS) is 14.2. The van der Waals surface area contributed by atoms with Gasteiger partial charge in [-0.1, -0.05) is 32.0 Å². The Kier molecular flexibility index (Phi) is 7.16. The number of rotatable bonds is 8. The quantitative estimate of drug-likeness (QED) is 0.562. The first-order chi connectivity index (χ1) is 8.72. The van der Waals surface area contributed by atoms with Crippen LogP contribution in [0.3, 0.4) is 0 Å². The maximum absolute atomic E-state index is 5.68. The van der Waals surface area contributed by atoms with Crippen LogP contribution in [-0.4, -0.2) is 17.6 Å². The zero-order chi connectivity index (χ0) is 13.4. The van der Waals surface area contributed by atoms with Gasteiger partial charge in [-0.3, -0.25) is 11.3 Å². The third kappa shape index (κ3) is 4.52. The van der Waals surface area contributed by atoms with Gasteiger partial charge in [-0.2, -0.15) is 11.8 Å². The first kappa shape index (κ1) is 15.3. The van der Waals surface area contributed by atoms with Crippen molar-refractivity contribution in [1.82, 2.24) is 5.43 Å². The number of thioether (sulfide) groups is 1. The summed E-state index contributed by atoms with van der Waals surface area (Å²) >= 11 is 1.93. The minimum atomic E-state index is 0.131. The van der Waals surface area contributed by atoms with Crippen molar-refractivity contribution in [2.75, 3.05) is 12.4 Å². The third-order valence-electron chi connectivity index (χ3n) is 2.92. The van der Waals surface area contributed by atoms with Gasteiger partial charge >= 0.3 is 0 Å². The number of ether oxygens (including phenoxy) is 1. The molecule has 18 heavy (non-hydrogen) atoms. The number of hydrazine groups is 1. The van der Waals surface area contributed by atoms with E-state index in [2.05, 4.69) is 25.3 Å². The monoisotopic (exact) mass is 268 g/mol. The number of benzene rings is 1. The fraction of sp³-hybridized carbons (Fsp3) is 0.571. The molecule has 3 nitrogen and oxygen atoms in total. The molecule has 2 atom stereocenters. The number of nitrogens with two attached hydrogens (primary N) is 1. The van der Waals surface area contributed by atoms with Crippen LogP contribution in [0.15, 0.2) is 24.3 Å².